The van der Waals surface area contributed by atoms with Crippen LogP contribution >= 0.6 is 11.6 Å². The van der Waals surface area contributed by atoms with Crippen LogP contribution in [0.3, 0.4) is 0 Å². The van der Waals surface area contributed by atoms with Crippen LogP contribution < -0.4 is 5.32 Å². The molecule has 1 heterocycles. The highest BCUT2D eigenvalue weighted by Gasteiger charge is 2.30. The Hall–Kier alpha value is -2.00. The molecule has 96 valence electrons. The van der Waals surface area contributed by atoms with Crippen LogP contribution in [0.25, 0.3) is 0 Å². The Balaban J connectivity index is 1.93. The number of nitrogens with one attached hydrogen (secondary N) is 1. The summed E-state index contributed by atoms with van der Waals surface area (Å²) in [4.78, 5) is 11.7. The highest BCUT2D eigenvalue weighted by atomic mass is 35.5. The Morgan fingerprint density at radius 1 is 1.21 bits per heavy atom. The van der Waals surface area contributed by atoms with E-state index in [1.54, 1.807) is 6.07 Å². The Morgan fingerprint density at radius 3 is 2.84 bits per heavy atom. The first-order valence-corrected chi connectivity index (χ1v) is 6.35. The van der Waals surface area contributed by atoms with Gasteiger partial charge in [0.1, 0.15) is 0 Å². The van der Waals surface area contributed by atoms with E-state index >= 15 is 0 Å². The molecule has 3 rings (SSSR count). The average molecular weight is 274 g/mol. The van der Waals surface area contributed by atoms with Gasteiger partial charge < -0.3 is 10.1 Å². The van der Waals surface area contributed by atoms with Crippen molar-refractivity contribution >= 4 is 23.3 Å². The van der Waals surface area contributed by atoms with Crippen LogP contribution in [0.4, 0.5) is 5.69 Å². The molecule has 0 saturated carbocycles. The van der Waals surface area contributed by atoms with Crippen LogP contribution in [-0.2, 0) is 4.74 Å². The van der Waals surface area contributed by atoms with E-state index in [0.29, 0.717) is 10.6 Å². The minimum atomic E-state index is -0.458. The van der Waals surface area contributed by atoms with E-state index in [4.69, 9.17) is 16.3 Å². The molecule has 0 spiro atoms. The Labute approximate surface area is 116 Å². The van der Waals surface area contributed by atoms with Crippen molar-refractivity contribution in [1.29, 1.82) is 0 Å². The summed E-state index contributed by atoms with van der Waals surface area (Å²) in [5.41, 5.74) is 3.37. The molecule has 0 bridgehead atoms. The predicted octanol–water partition coefficient (Wildman–Crippen LogP) is 3.93. The maximum Gasteiger partial charge on any atom is 0.340 e. The lowest BCUT2D eigenvalue weighted by atomic mass is 10.1. The van der Waals surface area contributed by atoms with Crippen molar-refractivity contribution in [2.75, 3.05) is 5.32 Å². The summed E-state index contributed by atoms with van der Waals surface area (Å²) >= 11 is 5.98. The van der Waals surface area contributed by atoms with E-state index in [2.05, 4.69) is 5.32 Å². The number of halogens is 1. The van der Waals surface area contributed by atoms with Gasteiger partial charge in [-0.05, 0) is 30.7 Å². The number of esters is 1. The maximum absolute atomic E-state index is 11.7. The van der Waals surface area contributed by atoms with Gasteiger partial charge in [-0.25, -0.2) is 4.79 Å². The minimum Gasteiger partial charge on any atom is -0.434 e. The van der Waals surface area contributed by atoms with E-state index in [-0.39, 0.29) is 5.97 Å². The Morgan fingerprint density at radius 2 is 2.00 bits per heavy atom. The van der Waals surface area contributed by atoms with Crippen LogP contribution in [0.15, 0.2) is 42.5 Å². The molecule has 1 unspecified atom stereocenters. The maximum atomic E-state index is 11.7. The summed E-state index contributed by atoms with van der Waals surface area (Å²) in [6, 6.07) is 12.9. The molecule has 2 aromatic rings. The first-order chi connectivity index (χ1) is 9.15. The van der Waals surface area contributed by atoms with Gasteiger partial charge in [0.25, 0.3) is 0 Å². The third kappa shape index (κ3) is 2.17. The number of aryl methyl sites for hydroxylation is 1. The normalized spacial score (nSPS) is 16.9. The Kier molecular flexibility index (Phi) is 2.91. The van der Waals surface area contributed by atoms with E-state index in [9.17, 15) is 4.79 Å². The quantitative estimate of drug-likeness (QED) is 0.843. The van der Waals surface area contributed by atoms with Crippen molar-refractivity contribution in [2.45, 2.75) is 13.2 Å². The van der Waals surface area contributed by atoms with Crippen molar-refractivity contribution < 1.29 is 9.53 Å². The van der Waals surface area contributed by atoms with Gasteiger partial charge in [-0.3, -0.25) is 0 Å². The lowest BCUT2D eigenvalue weighted by Gasteiger charge is -2.16. The highest BCUT2D eigenvalue weighted by Crippen LogP contribution is 2.32. The second-order valence-electron chi connectivity index (χ2n) is 4.48. The number of cyclic esters (lactones) is 1. The zero-order chi connectivity index (χ0) is 13.4. The summed E-state index contributed by atoms with van der Waals surface area (Å²) in [5.74, 6) is -0.298. The van der Waals surface area contributed by atoms with Crippen LogP contribution in [0.2, 0.25) is 5.02 Å². The monoisotopic (exact) mass is 273 g/mol. The lowest BCUT2D eigenvalue weighted by molar-refractivity contribution is 0.0437. The second kappa shape index (κ2) is 4.59. The van der Waals surface area contributed by atoms with Crippen molar-refractivity contribution in [3.63, 3.8) is 0 Å². The number of fused-ring (bicyclic) bond motifs is 1. The van der Waals surface area contributed by atoms with E-state index < -0.39 is 6.23 Å². The minimum absolute atomic E-state index is 0.298. The molecule has 1 aliphatic rings. The van der Waals surface area contributed by atoms with Crippen LogP contribution in [-0.4, -0.2) is 5.97 Å². The molecule has 1 aliphatic heterocycles. The summed E-state index contributed by atoms with van der Waals surface area (Å²) < 4.78 is 5.34. The predicted molar refractivity (Wildman–Crippen MR) is 74.4 cm³/mol. The molecule has 0 saturated heterocycles. The van der Waals surface area contributed by atoms with E-state index in [1.807, 2.05) is 43.3 Å². The fourth-order valence-corrected chi connectivity index (χ4v) is 2.32. The van der Waals surface area contributed by atoms with Crippen molar-refractivity contribution in [1.82, 2.24) is 0 Å². The summed E-state index contributed by atoms with van der Waals surface area (Å²) in [5, 5.41) is 3.85. The number of ether oxygens (including phenoxy) is 1. The number of hydrogen-bond acceptors (Lipinski definition) is 3. The summed E-state index contributed by atoms with van der Waals surface area (Å²) in [6.45, 7) is 1.97. The van der Waals surface area contributed by atoms with Crippen molar-refractivity contribution in [2.24, 2.45) is 0 Å². The third-order valence-electron chi connectivity index (χ3n) is 3.17. The van der Waals surface area contributed by atoms with Gasteiger partial charge in [-0.2, -0.15) is 0 Å². The number of anilines is 1. The molecule has 3 nitrogen and oxygen atoms in total. The fraction of sp³-hybridized carbons (Fsp3) is 0.133. The molecule has 0 aromatic heterocycles. The molecule has 19 heavy (non-hydrogen) atoms. The molecule has 2 aromatic carbocycles. The highest BCUT2D eigenvalue weighted by molar-refractivity contribution is 6.30. The largest absolute Gasteiger partial charge is 0.434 e. The van der Waals surface area contributed by atoms with E-state index in [0.717, 1.165) is 16.8 Å². The SMILES string of the molecule is Cc1ccc(Cl)cc1NC1OC(=O)c2ccccc21. The number of hydrogen-bond donors (Lipinski definition) is 1. The standard InChI is InChI=1S/C15H12ClNO2/c1-9-6-7-10(16)8-13(9)17-14-11-4-2-3-5-12(11)15(18)19-14/h2-8,14,17H,1H3. The average Bonchev–Trinajstić information content (AvgIpc) is 2.72. The zero-order valence-corrected chi connectivity index (χ0v) is 11.1. The van der Waals surface area contributed by atoms with Crippen LogP contribution in [0.1, 0.15) is 27.7 Å². The summed E-state index contributed by atoms with van der Waals surface area (Å²) in [7, 11) is 0. The molecular weight excluding hydrogens is 262 g/mol. The van der Waals surface area contributed by atoms with Gasteiger partial charge in [0.2, 0.25) is 6.23 Å². The molecule has 1 atom stereocenters. The topological polar surface area (TPSA) is 38.3 Å². The van der Waals surface area contributed by atoms with Crippen molar-refractivity contribution in [3.05, 3.63) is 64.2 Å². The van der Waals surface area contributed by atoms with Gasteiger partial charge in [0.15, 0.2) is 0 Å². The smallest absolute Gasteiger partial charge is 0.340 e. The first kappa shape index (κ1) is 12.1. The molecule has 0 radical (unpaired) electrons. The molecule has 0 fully saturated rings. The third-order valence-corrected chi connectivity index (χ3v) is 3.41. The van der Waals surface area contributed by atoms with Gasteiger partial charge in [0, 0.05) is 16.3 Å². The number of benzene rings is 2. The van der Waals surface area contributed by atoms with Crippen molar-refractivity contribution in [3.8, 4) is 0 Å². The first-order valence-electron chi connectivity index (χ1n) is 5.98. The van der Waals surface area contributed by atoms with Gasteiger partial charge in [-0.15, -0.1) is 0 Å². The lowest BCUT2D eigenvalue weighted by Crippen LogP contribution is -2.11. The van der Waals surface area contributed by atoms with Gasteiger partial charge in [-0.1, -0.05) is 35.9 Å². The molecule has 0 amide bonds. The Bertz CT molecular complexity index is 654. The van der Waals surface area contributed by atoms with E-state index in [1.165, 1.54) is 0 Å². The summed E-state index contributed by atoms with van der Waals surface area (Å²) in [6.07, 6.45) is -0.458. The van der Waals surface area contributed by atoms with Gasteiger partial charge >= 0.3 is 5.97 Å². The second-order valence-corrected chi connectivity index (χ2v) is 4.91. The zero-order valence-electron chi connectivity index (χ0n) is 10.3. The van der Waals surface area contributed by atoms with Gasteiger partial charge in [0.05, 0.1) is 5.56 Å². The molecule has 0 aliphatic carbocycles. The molecule has 1 N–H and O–H groups in total. The fourth-order valence-electron chi connectivity index (χ4n) is 2.14. The number of carbonyl (C=O) groups is 1. The number of carbonyl (C=O) groups excluding carboxylic acids is 1. The molecule has 4 heteroatoms. The van der Waals surface area contributed by atoms with Crippen LogP contribution in [0, 0.1) is 6.92 Å². The van der Waals surface area contributed by atoms with Crippen LogP contribution in [0.5, 0.6) is 0 Å². The molecular formula is C15H12ClNO2. The number of rotatable bonds is 2.